The molecule has 0 saturated heterocycles. The topological polar surface area (TPSA) is 122 Å². The van der Waals surface area contributed by atoms with Crippen molar-refractivity contribution in [2.24, 2.45) is 0 Å². The first-order chi connectivity index (χ1) is 10.8. The number of amides is 2. The molecule has 3 N–H and O–H groups in total. The Morgan fingerprint density at radius 2 is 1.74 bits per heavy atom. The lowest BCUT2D eigenvalue weighted by Crippen LogP contribution is -2.15. The summed E-state index contributed by atoms with van der Waals surface area (Å²) in [6.45, 7) is 2.56. The number of carbonyl (C=O) groups excluding carboxylic acids is 3. The van der Waals surface area contributed by atoms with Gasteiger partial charge in [0.1, 0.15) is 5.75 Å². The van der Waals surface area contributed by atoms with Crippen molar-refractivity contribution in [3.63, 3.8) is 0 Å². The summed E-state index contributed by atoms with van der Waals surface area (Å²) >= 11 is 0. The minimum Gasteiger partial charge on any atom is -0.481 e. The minimum atomic E-state index is -0.978. The predicted molar refractivity (Wildman–Crippen MR) is 82.2 cm³/mol. The summed E-state index contributed by atoms with van der Waals surface area (Å²) in [5, 5.41) is 13.7. The van der Waals surface area contributed by atoms with E-state index >= 15 is 0 Å². The Kier molecular flexibility index (Phi) is 6.72. The van der Waals surface area contributed by atoms with Crippen LogP contribution in [-0.4, -0.2) is 28.9 Å². The summed E-state index contributed by atoms with van der Waals surface area (Å²) in [5.41, 5.74) is 0.610. The first-order valence-corrected chi connectivity index (χ1v) is 6.89. The van der Waals surface area contributed by atoms with Crippen LogP contribution in [0.4, 0.5) is 11.4 Å². The van der Waals surface area contributed by atoms with Gasteiger partial charge < -0.3 is 20.5 Å². The summed E-state index contributed by atoms with van der Waals surface area (Å²) < 4.78 is 4.93. The van der Waals surface area contributed by atoms with Crippen LogP contribution in [0.3, 0.4) is 0 Å². The predicted octanol–water partition coefficient (Wildman–Crippen LogP) is 1.76. The standard InChI is InChI=1S/C15H18N2O6/c1-9(18)16-12-7-6-11(23-10(2)19)8-13(12)17-14(20)4-3-5-15(21)22/h6-8H,3-5H2,1-2H3,(H,16,18)(H,17,20)(H,21,22). The van der Waals surface area contributed by atoms with Crippen molar-refractivity contribution >= 4 is 35.1 Å². The average molecular weight is 322 g/mol. The quantitative estimate of drug-likeness (QED) is 0.519. The molecule has 2 amide bonds. The van der Waals surface area contributed by atoms with Crippen LogP contribution < -0.4 is 15.4 Å². The second kappa shape index (κ2) is 8.52. The van der Waals surface area contributed by atoms with Crippen molar-refractivity contribution in [2.75, 3.05) is 10.6 Å². The molecular weight excluding hydrogens is 304 g/mol. The highest BCUT2D eigenvalue weighted by atomic mass is 16.5. The maximum atomic E-state index is 11.8. The summed E-state index contributed by atoms with van der Waals surface area (Å²) in [5.74, 6) is -2.01. The Labute approximate surface area is 132 Å². The molecule has 0 radical (unpaired) electrons. The zero-order valence-electron chi connectivity index (χ0n) is 12.8. The minimum absolute atomic E-state index is 0.0175. The van der Waals surface area contributed by atoms with E-state index in [0.717, 1.165) is 0 Å². The van der Waals surface area contributed by atoms with Crippen LogP contribution in [0, 0.1) is 0 Å². The number of rotatable bonds is 7. The molecule has 0 aliphatic carbocycles. The molecule has 0 aromatic heterocycles. The summed E-state index contributed by atoms with van der Waals surface area (Å²) in [4.78, 5) is 44.4. The van der Waals surface area contributed by atoms with Crippen molar-refractivity contribution < 1.29 is 29.0 Å². The second-order valence-electron chi connectivity index (χ2n) is 4.78. The lowest BCUT2D eigenvalue weighted by molar-refractivity contribution is -0.137. The first kappa shape index (κ1) is 18.1. The molecule has 1 aromatic rings. The van der Waals surface area contributed by atoms with E-state index in [0.29, 0.717) is 5.69 Å². The van der Waals surface area contributed by atoms with Gasteiger partial charge in [-0.15, -0.1) is 0 Å². The maximum absolute atomic E-state index is 11.8. The highest BCUT2D eigenvalue weighted by Crippen LogP contribution is 2.27. The molecule has 0 heterocycles. The average Bonchev–Trinajstić information content (AvgIpc) is 2.40. The SMILES string of the molecule is CC(=O)Nc1ccc(OC(C)=O)cc1NC(=O)CCCC(=O)O. The van der Waals surface area contributed by atoms with Gasteiger partial charge in [0.05, 0.1) is 11.4 Å². The van der Waals surface area contributed by atoms with Crippen LogP contribution in [0.15, 0.2) is 18.2 Å². The van der Waals surface area contributed by atoms with Crippen LogP contribution in [0.1, 0.15) is 33.1 Å². The maximum Gasteiger partial charge on any atom is 0.308 e. The molecule has 0 aliphatic heterocycles. The van der Waals surface area contributed by atoms with Crippen molar-refractivity contribution in [1.29, 1.82) is 0 Å². The van der Waals surface area contributed by atoms with E-state index in [-0.39, 0.29) is 36.6 Å². The second-order valence-corrected chi connectivity index (χ2v) is 4.78. The summed E-state index contributed by atoms with van der Waals surface area (Å²) in [6, 6.07) is 4.38. The van der Waals surface area contributed by atoms with E-state index in [1.54, 1.807) is 0 Å². The Morgan fingerprint density at radius 1 is 1.04 bits per heavy atom. The molecule has 124 valence electrons. The lowest BCUT2D eigenvalue weighted by atomic mass is 10.2. The van der Waals surface area contributed by atoms with Gasteiger partial charge in [0.2, 0.25) is 11.8 Å². The van der Waals surface area contributed by atoms with Crippen LogP contribution in [-0.2, 0) is 19.2 Å². The van der Waals surface area contributed by atoms with Crippen molar-refractivity contribution in [3.8, 4) is 5.75 Å². The summed E-state index contributed by atoms with van der Waals surface area (Å²) in [6.07, 6.45) is 0.101. The van der Waals surface area contributed by atoms with Crippen molar-refractivity contribution in [2.45, 2.75) is 33.1 Å². The monoisotopic (exact) mass is 322 g/mol. The molecular formula is C15H18N2O6. The third-order valence-electron chi connectivity index (χ3n) is 2.63. The third kappa shape index (κ3) is 7.07. The van der Waals surface area contributed by atoms with Crippen molar-refractivity contribution in [1.82, 2.24) is 0 Å². The molecule has 8 nitrogen and oxygen atoms in total. The number of esters is 1. The van der Waals surface area contributed by atoms with E-state index in [1.807, 2.05) is 0 Å². The molecule has 0 saturated carbocycles. The van der Waals surface area contributed by atoms with Gasteiger partial charge in [-0.3, -0.25) is 19.2 Å². The number of ether oxygens (including phenoxy) is 1. The largest absolute Gasteiger partial charge is 0.481 e. The number of hydrogen-bond acceptors (Lipinski definition) is 5. The smallest absolute Gasteiger partial charge is 0.308 e. The zero-order valence-corrected chi connectivity index (χ0v) is 12.8. The fourth-order valence-corrected chi connectivity index (χ4v) is 1.77. The Hall–Kier alpha value is -2.90. The number of anilines is 2. The van der Waals surface area contributed by atoms with Gasteiger partial charge in [0.15, 0.2) is 0 Å². The molecule has 0 atom stereocenters. The molecule has 1 aromatic carbocycles. The zero-order chi connectivity index (χ0) is 17.4. The van der Waals surface area contributed by atoms with Crippen molar-refractivity contribution in [3.05, 3.63) is 18.2 Å². The number of carboxylic acid groups (broad SMARTS) is 1. The highest BCUT2D eigenvalue weighted by molar-refractivity contribution is 5.99. The fourth-order valence-electron chi connectivity index (χ4n) is 1.77. The molecule has 0 bridgehead atoms. The molecule has 1 rings (SSSR count). The summed E-state index contributed by atoms with van der Waals surface area (Å²) in [7, 11) is 0. The van der Waals surface area contributed by atoms with E-state index in [1.165, 1.54) is 32.0 Å². The van der Waals surface area contributed by atoms with Gasteiger partial charge in [-0.1, -0.05) is 0 Å². The van der Waals surface area contributed by atoms with Crippen LogP contribution >= 0.6 is 0 Å². The molecule has 0 spiro atoms. The van der Waals surface area contributed by atoms with Gasteiger partial charge in [-0.2, -0.15) is 0 Å². The third-order valence-corrected chi connectivity index (χ3v) is 2.63. The van der Waals surface area contributed by atoms with E-state index in [4.69, 9.17) is 9.84 Å². The number of nitrogens with one attached hydrogen (secondary N) is 2. The van der Waals surface area contributed by atoms with Gasteiger partial charge in [0, 0.05) is 32.8 Å². The van der Waals surface area contributed by atoms with E-state index in [9.17, 15) is 19.2 Å². The molecule has 23 heavy (non-hydrogen) atoms. The van der Waals surface area contributed by atoms with Gasteiger partial charge >= 0.3 is 11.9 Å². The first-order valence-electron chi connectivity index (χ1n) is 6.89. The number of benzene rings is 1. The highest BCUT2D eigenvalue weighted by Gasteiger charge is 2.11. The molecule has 0 unspecified atom stereocenters. The van der Waals surface area contributed by atoms with Crippen LogP contribution in [0.2, 0.25) is 0 Å². The Bertz CT molecular complexity index is 626. The van der Waals surface area contributed by atoms with E-state index in [2.05, 4.69) is 10.6 Å². The number of carboxylic acids is 1. The van der Waals surface area contributed by atoms with Gasteiger partial charge in [-0.05, 0) is 18.6 Å². The molecule has 0 fully saturated rings. The Morgan fingerprint density at radius 3 is 2.30 bits per heavy atom. The fraction of sp³-hybridized carbons (Fsp3) is 0.333. The Balaban J connectivity index is 2.85. The van der Waals surface area contributed by atoms with Crippen LogP contribution in [0.25, 0.3) is 0 Å². The number of aliphatic carboxylic acids is 1. The molecule has 8 heteroatoms. The number of hydrogen-bond donors (Lipinski definition) is 3. The van der Waals surface area contributed by atoms with Gasteiger partial charge in [0.25, 0.3) is 0 Å². The lowest BCUT2D eigenvalue weighted by Gasteiger charge is -2.13. The molecule has 0 aliphatic rings. The van der Waals surface area contributed by atoms with E-state index < -0.39 is 17.8 Å². The van der Waals surface area contributed by atoms with Crippen LogP contribution in [0.5, 0.6) is 5.75 Å². The number of carbonyl (C=O) groups is 4. The van der Waals surface area contributed by atoms with Gasteiger partial charge in [-0.25, -0.2) is 0 Å². The normalized spacial score (nSPS) is 9.83.